The standard InChI is InChI=1S/C12H16ClNS/c13-11-6-1-2-7-12(11)15-10-5-3-4-9(14)8-10/h1-2,6-7,9-10H,3-5,8,14H2. The molecule has 1 aromatic rings. The fraction of sp³-hybridized carbons (Fsp3) is 0.500. The first-order valence-corrected chi connectivity index (χ1v) is 6.68. The molecule has 1 aromatic carbocycles. The molecule has 1 aliphatic carbocycles. The van der Waals surface area contributed by atoms with Crippen molar-refractivity contribution >= 4 is 23.4 Å². The Morgan fingerprint density at radius 2 is 2.07 bits per heavy atom. The fourth-order valence-electron chi connectivity index (χ4n) is 2.01. The highest BCUT2D eigenvalue weighted by Crippen LogP contribution is 2.36. The van der Waals surface area contributed by atoms with Gasteiger partial charge in [-0.05, 0) is 31.4 Å². The lowest BCUT2D eigenvalue weighted by Crippen LogP contribution is -2.29. The predicted molar refractivity (Wildman–Crippen MR) is 67.5 cm³/mol. The van der Waals surface area contributed by atoms with E-state index in [-0.39, 0.29) is 0 Å². The molecule has 0 aliphatic heterocycles. The van der Waals surface area contributed by atoms with E-state index in [1.54, 1.807) is 0 Å². The van der Waals surface area contributed by atoms with Gasteiger partial charge in [-0.15, -0.1) is 11.8 Å². The molecule has 1 fully saturated rings. The van der Waals surface area contributed by atoms with Crippen LogP contribution in [0.25, 0.3) is 0 Å². The van der Waals surface area contributed by atoms with E-state index in [1.165, 1.54) is 24.2 Å². The van der Waals surface area contributed by atoms with Crippen LogP contribution in [0.3, 0.4) is 0 Å². The van der Waals surface area contributed by atoms with Crippen LogP contribution in [0.15, 0.2) is 29.2 Å². The zero-order valence-corrected chi connectivity index (χ0v) is 10.2. The van der Waals surface area contributed by atoms with Gasteiger partial charge in [-0.3, -0.25) is 0 Å². The Morgan fingerprint density at radius 3 is 2.80 bits per heavy atom. The van der Waals surface area contributed by atoms with Gasteiger partial charge in [0.05, 0.1) is 5.02 Å². The first-order valence-electron chi connectivity index (χ1n) is 5.42. The van der Waals surface area contributed by atoms with Crippen LogP contribution in [-0.4, -0.2) is 11.3 Å². The van der Waals surface area contributed by atoms with Gasteiger partial charge in [0.25, 0.3) is 0 Å². The van der Waals surface area contributed by atoms with E-state index in [2.05, 4.69) is 6.07 Å². The predicted octanol–water partition coefficient (Wildman–Crippen LogP) is 3.70. The number of hydrogen-bond donors (Lipinski definition) is 1. The molecule has 0 aromatic heterocycles. The highest BCUT2D eigenvalue weighted by Gasteiger charge is 2.20. The van der Waals surface area contributed by atoms with Crippen LogP contribution in [0.5, 0.6) is 0 Å². The van der Waals surface area contributed by atoms with E-state index in [4.69, 9.17) is 17.3 Å². The van der Waals surface area contributed by atoms with E-state index < -0.39 is 0 Å². The van der Waals surface area contributed by atoms with E-state index in [1.807, 2.05) is 30.0 Å². The summed E-state index contributed by atoms with van der Waals surface area (Å²) >= 11 is 8.01. The second kappa shape index (κ2) is 5.24. The second-order valence-electron chi connectivity index (χ2n) is 4.10. The van der Waals surface area contributed by atoms with Crippen molar-refractivity contribution < 1.29 is 0 Å². The molecule has 15 heavy (non-hydrogen) atoms. The van der Waals surface area contributed by atoms with Gasteiger partial charge in [0.2, 0.25) is 0 Å². The number of halogens is 1. The molecule has 0 bridgehead atoms. The highest BCUT2D eigenvalue weighted by atomic mass is 35.5. The van der Waals surface area contributed by atoms with Gasteiger partial charge in [0.1, 0.15) is 0 Å². The monoisotopic (exact) mass is 241 g/mol. The van der Waals surface area contributed by atoms with Crippen molar-refractivity contribution in [2.45, 2.75) is 41.9 Å². The van der Waals surface area contributed by atoms with Gasteiger partial charge >= 0.3 is 0 Å². The SMILES string of the molecule is NC1CCCC(Sc2ccccc2Cl)C1. The number of benzene rings is 1. The molecule has 82 valence electrons. The Hall–Kier alpha value is -0.180. The summed E-state index contributed by atoms with van der Waals surface area (Å²) in [6, 6.07) is 8.44. The van der Waals surface area contributed by atoms with Crippen molar-refractivity contribution in [3.8, 4) is 0 Å². The van der Waals surface area contributed by atoms with Crippen molar-refractivity contribution in [3.63, 3.8) is 0 Å². The van der Waals surface area contributed by atoms with Crippen LogP contribution in [0.1, 0.15) is 25.7 Å². The Balaban J connectivity index is 1.99. The summed E-state index contributed by atoms with van der Waals surface area (Å²) in [5, 5.41) is 1.51. The Morgan fingerprint density at radius 1 is 1.27 bits per heavy atom. The molecule has 0 spiro atoms. The molecule has 0 saturated heterocycles. The van der Waals surface area contributed by atoms with Crippen molar-refractivity contribution in [2.24, 2.45) is 5.73 Å². The Labute approximate surface area is 100 Å². The summed E-state index contributed by atoms with van der Waals surface area (Å²) in [6.45, 7) is 0. The third-order valence-electron chi connectivity index (χ3n) is 2.80. The summed E-state index contributed by atoms with van der Waals surface area (Å²) in [5.74, 6) is 0. The molecular weight excluding hydrogens is 226 g/mol. The molecule has 2 N–H and O–H groups in total. The van der Waals surface area contributed by atoms with Crippen LogP contribution in [0.4, 0.5) is 0 Å². The van der Waals surface area contributed by atoms with Crippen molar-refractivity contribution in [2.75, 3.05) is 0 Å². The fourth-order valence-corrected chi connectivity index (χ4v) is 3.60. The third-order valence-corrected chi connectivity index (χ3v) is 4.61. The summed E-state index contributed by atoms with van der Waals surface area (Å²) in [6.07, 6.45) is 4.82. The molecular formula is C12H16ClNS. The normalized spacial score (nSPS) is 26.5. The minimum absolute atomic E-state index is 0.388. The zero-order valence-electron chi connectivity index (χ0n) is 8.66. The number of rotatable bonds is 2. The molecule has 1 saturated carbocycles. The van der Waals surface area contributed by atoms with Gasteiger partial charge in [0.15, 0.2) is 0 Å². The van der Waals surface area contributed by atoms with E-state index in [0.29, 0.717) is 11.3 Å². The maximum absolute atomic E-state index is 6.13. The van der Waals surface area contributed by atoms with Gasteiger partial charge in [-0.2, -0.15) is 0 Å². The van der Waals surface area contributed by atoms with Gasteiger partial charge < -0.3 is 5.73 Å². The van der Waals surface area contributed by atoms with Crippen LogP contribution in [0, 0.1) is 0 Å². The number of thioether (sulfide) groups is 1. The van der Waals surface area contributed by atoms with E-state index >= 15 is 0 Å². The molecule has 1 nitrogen and oxygen atoms in total. The summed E-state index contributed by atoms with van der Waals surface area (Å²) in [5.41, 5.74) is 5.97. The maximum atomic E-state index is 6.13. The molecule has 1 aliphatic rings. The maximum Gasteiger partial charge on any atom is 0.0541 e. The summed E-state index contributed by atoms with van der Waals surface area (Å²) in [7, 11) is 0. The number of hydrogen-bond acceptors (Lipinski definition) is 2. The van der Waals surface area contributed by atoms with E-state index in [0.717, 1.165) is 11.4 Å². The van der Waals surface area contributed by atoms with Crippen LogP contribution < -0.4 is 5.73 Å². The highest BCUT2D eigenvalue weighted by molar-refractivity contribution is 8.00. The lowest BCUT2D eigenvalue weighted by molar-refractivity contribution is 0.451. The molecule has 0 heterocycles. The summed E-state index contributed by atoms with van der Waals surface area (Å²) in [4.78, 5) is 1.19. The Kier molecular flexibility index (Phi) is 3.95. The smallest absolute Gasteiger partial charge is 0.0541 e. The van der Waals surface area contributed by atoms with Crippen molar-refractivity contribution in [3.05, 3.63) is 29.3 Å². The molecule has 2 unspecified atom stereocenters. The largest absolute Gasteiger partial charge is 0.328 e. The quantitative estimate of drug-likeness (QED) is 0.855. The molecule has 0 amide bonds. The first kappa shape index (κ1) is 11.3. The topological polar surface area (TPSA) is 26.0 Å². The van der Waals surface area contributed by atoms with Gasteiger partial charge in [0, 0.05) is 16.2 Å². The zero-order chi connectivity index (χ0) is 10.7. The lowest BCUT2D eigenvalue weighted by Gasteiger charge is -2.26. The minimum atomic E-state index is 0.388. The third kappa shape index (κ3) is 3.13. The number of nitrogens with two attached hydrogens (primary N) is 1. The average Bonchev–Trinajstić information content (AvgIpc) is 2.22. The molecule has 3 heteroatoms. The van der Waals surface area contributed by atoms with Crippen molar-refractivity contribution in [1.29, 1.82) is 0 Å². The van der Waals surface area contributed by atoms with Gasteiger partial charge in [-0.25, -0.2) is 0 Å². The molecule has 2 rings (SSSR count). The van der Waals surface area contributed by atoms with Crippen LogP contribution in [0.2, 0.25) is 5.02 Å². The van der Waals surface area contributed by atoms with Crippen LogP contribution >= 0.6 is 23.4 Å². The lowest BCUT2D eigenvalue weighted by atomic mass is 9.96. The Bertz CT molecular complexity index is 329. The minimum Gasteiger partial charge on any atom is -0.328 e. The van der Waals surface area contributed by atoms with Crippen LogP contribution in [-0.2, 0) is 0 Å². The van der Waals surface area contributed by atoms with Crippen molar-refractivity contribution in [1.82, 2.24) is 0 Å². The molecule has 2 atom stereocenters. The molecule has 0 radical (unpaired) electrons. The van der Waals surface area contributed by atoms with Gasteiger partial charge in [-0.1, -0.05) is 30.2 Å². The second-order valence-corrected chi connectivity index (χ2v) is 5.85. The first-order chi connectivity index (χ1) is 7.25. The summed E-state index contributed by atoms with van der Waals surface area (Å²) < 4.78 is 0. The average molecular weight is 242 g/mol. The van der Waals surface area contributed by atoms with E-state index in [9.17, 15) is 0 Å².